The molecule has 1 amide bonds. The van der Waals surface area contributed by atoms with E-state index in [0.29, 0.717) is 29.8 Å². The minimum Gasteiger partial charge on any atom is -0.494 e. The summed E-state index contributed by atoms with van der Waals surface area (Å²) in [7, 11) is 1.43. The number of benzene rings is 1. The topological polar surface area (TPSA) is 77.2 Å². The molecule has 0 radical (unpaired) electrons. The molecular weight excluding hydrogens is 341 g/mol. The Morgan fingerprint density at radius 3 is 2.61 bits per heavy atom. The highest BCUT2D eigenvalue weighted by Crippen LogP contribution is 2.33. The molecule has 0 bridgehead atoms. The Labute approximate surface area is 144 Å². The van der Waals surface area contributed by atoms with Gasteiger partial charge in [-0.25, -0.2) is 0 Å². The van der Waals surface area contributed by atoms with Crippen molar-refractivity contribution in [3.63, 3.8) is 0 Å². The molecule has 0 saturated heterocycles. The van der Waals surface area contributed by atoms with Crippen LogP contribution in [0.5, 0.6) is 5.75 Å². The first-order valence-electron chi connectivity index (χ1n) is 7.06. The monoisotopic (exact) mass is 357 g/mol. The summed E-state index contributed by atoms with van der Waals surface area (Å²) in [5.41, 5.74) is 0.204. The van der Waals surface area contributed by atoms with Crippen LogP contribution in [0.2, 0.25) is 10.0 Å². The van der Waals surface area contributed by atoms with Crippen molar-refractivity contribution in [3.05, 3.63) is 39.5 Å². The lowest BCUT2D eigenvalue weighted by Crippen LogP contribution is -2.26. The Hall–Kier alpha value is -1.79. The average Bonchev–Trinajstić information content (AvgIpc) is 2.98. The van der Waals surface area contributed by atoms with Crippen LogP contribution in [0.4, 0.5) is 0 Å². The average molecular weight is 358 g/mol. The van der Waals surface area contributed by atoms with Crippen molar-refractivity contribution in [3.8, 4) is 5.75 Å². The third kappa shape index (κ3) is 4.14. The zero-order valence-corrected chi connectivity index (χ0v) is 14.5. The van der Waals surface area contributed by atoms with E-state index in [1.54, 1.807) is 12.1 Å². The van der Waals surface area contributed by atoms with Gasteiger partial charge in [-0.05, 0) is 12.1 Å². The fourth-order valence-corrected chi connectivity index (χ4v) is 2.39. The lowest BCUT2D eigenvalue weighted by Gasteiger charge is -2.11. The number of nitrogens with one attached hydrogen (secondary N) is 1. The highest BCUT2D eigenvalue weighted by atomic mass is 35.5. The van der Waals surface area contributed by atoms with Crippen LogP contribution in [0.15, 0.2) is 16.5 Å². The number of halogens is 2. The number of ether oxygens (including phenoxy) is 1. The van der Waals surface area contributed by atoms with E-state index in [9.17, 15) is 4.79 Å². The number of carbonyl (C=O) groups is 1. The van der Waals surface area contributed by atoms with Crippen molar-refractivity contribution >= 4 is 29.1 Å². The summed E-state index contributed by atoms with van der Waals surface area (Å²) in [6.45, 7) is 4.25. The number of nitrogens with zero attached hydrogens (tertiary/aromatic N) is 2. The third-order valence-corrected chi connectivity index (χ3v) is 3.70. The van der Waals surface area contributed by atoms with Crippen LogP contribution in [0.3, 0.4) is 0 Å². The molecule has 23 heavy (non-hydrogen) atoms. The van der Waals surface area contributed by atoms with E-state index >= 15 is 0 Å². The van der Waals surface area contributed by atoms with Crippen molar-refractivity contribution in [1.82, 2.24) is 15.5 Å². The lowest BCUT2D eigenvalue weighted by molar-refractivity contribution is 0.0950. The van der Waals surface area contributed by atoms with E-state index in [1.165, 1.54) is 7.11 Å². The van der Waals surface area contributed by atoms with E-state index in [0.717, 1.165) is 0 Å². The van der Waals surface area contributed by atoms with Gasteiger partial charge in [0.05, 0.1) is 17.2 Å². The first kappa shape index (κ1) is 17.6. The van der Waals surface area contributed by atoms with Gasteiger partial charge in [-0.3, -0.25) is 4.79 Å². The van der Waals surface area contributed by atoms with Crippen LogP contribution in [0, 0.1) is 0 Å². The summed E-state index contributed by atoms with van der Waals surface area (Å²) >= 11 is 12.1. The molecule has 0 saturated carbocycles. The fourth-order valence-electron chi connectivity index (χ4n) is 1.92. The van der Waals surface area contributed by atoms with Crippen molar-refractivity contribution < 1.29 is 13.9 Å². The number of hydrogen-bond donors (Lipinski definition) is 1. The van der Waals surface area contributed by atoms with Crippen LogP contribution < -0.4 is 10.1 Å². The molecule has 6 nitrogen and oxygen atoms in total. The number of carbonyl (C=O) groups excluding carboxylic acids is 1. The first-order chi connectivity index (χ1) is 10.9. The predicted molar refractivity (Wildman–Crippen MR) is 87.4 cm³/mol. The third-order valence-electron chi connectivity index (χ3n) is 3.09. The van der Waals surface area contributed by atoms with Gasteiger partial charge >= 0.3 is 0 Å². The summed E-state index contributed by atoms with van der Waals surface area (Å²) in [6.07, 6.45) is 0.423. The molecular formula is C15H17Cl2N3O3. The van der Waals surface area contributed by atoms with E-state index in [1.807, 2.05) is 13.8 Å². The Balaban J connectivity index is 2.01. The maximum atomic E-state index is 12.3. The normalized spacial score (nSPS) is 10.9. The molecule has 0 aliphatic rings. The predicted octanol–water partition coefficient (Wildman–Crippen LogP) is 3.48. The Morgan fingerprint density at radius 1 is 1.30 bits per heavy atom. The number of rotatable bonds is 6. The molecule has 1 aromatic heterocycles. The minimum absolute atomic E-state index is 0.167. The zero-order valence-electron chi connectivity index (χ0n) is 13.0. The molecule has 8 heteroatoms. The van der Waals surface area contributed by atoms with Gasteiger partial charge in [0.1, 0.15) is 5.56 Å². The fraction of sp³-hybridized carbons (Fsp3) is 0.400. The summed E-state index contributed by atoms with van der Waals surface area (Å²) in [4.78, 5) is 12.3. The summed E-state index contributed by atoms with van der Waals surface area (Å²) in [5, 5.41) is 11.2. The highest BCUT2D eigenvalue weighted by Gasteiger charge is 2.19. The second-order valence-electron chi connectivity index (χ2n) is 5.13. The van der Waals surface area contributed by atoms with Gasteiger partial charge in [-0.2, -0.15) is 0 Å². The van der Waals surface area contributed by atoms with E-state index in [-0.39, 0.29) is 28.2 Å². The number of amides is 1. The Morgan fingerprint density at radius 2 is 2.00 bits per heavy atom. The van der Waals surface area contributed by atoms with Gasteiger partial charge in [0.25, 0.3) is 5.91 Å². The van der Waals surface area contributed by atoms with Crippen molar-refractivity contribution in [1.29, 1.82) is 0 Å². The van der Waals surface area contributed by atoms with Crippen molar-refractivity contribution in [2.24, 2.45) is 0 Å². The van der Waals surface area contributed by atoms with Crippen LogP contribution in [-0.2, 0) is 6.42 Å². The van der Waals surface area contributed by atoms with Crippen LogP contribution in [0.25, 0.3) is 0 Å². The zero-order chi connectivity index (χ0) is 17.0. The molecule has 0 spiro atoms. The van der Waals surface area contributed by atoms with Crippen molar-refractivity contribution in [2.75, 3.05) is 13.7 Å². The van der Waals surface area contributed by atoms with E-state index < -0.39 is 0 Å². The largest absolute Gasteiger partial charge is 0.494 e. The smallest absolute Gasteiger partial charge is 0.256 e. The molecule has 1 heterocycles. The molecule has 0 fully saturated rings. The second kappa shape index (κ2) is 7.66. The van der Waals surface area contributed by atoms with E-state index in [2.05, 4.69) is 15.5 Å². The Bertz CT molecular complexity index is 701. The summed E-state index contributed by atoms with van der Waals surface area (Å²) in [5.74, 6) is 1.08. The van der Waals surface area contributed by atoms with Gasteiger partial charge in [-0.1, -0.05) is 37.0 Å². The molecule has 0 aliphatic carbocycles. The first-order valence-corrected chi connectivity index (χ1v) is 7.82. The van der Waals surface area contributed by atoms with Gasteiger partial charge in [0, 0.05) is 18.9 Å². The Kier molecular flexibility index (Phi) is 5.85. The summed E-state index contributed by atoms with van der Waals surface area (Å²) < 4.78 is 10.6. The molecule has 2 rings (SSSR count). The maximum Gasteiger partial charge on any atom is 0.256 e. The van der Waals surface area contributed by atoms with Crippen LogP contribution in [-0.4, -0.2) is 29.8 Å². The molecule has 1 N–H and O–H groups in total. The minimum atomic E-state index is -0.377. The van der Waals surface area contributed by atoms with Crippen LogP contribution in [0.1, 0.15) is 41.9 Å². The quantitative estimate of drug-likeness (QED) is 0.856. The van der Waals surface area contributed by atoms with Crippen LogP contribution >= 0.6 is 23.2 Å². The number of methoxy groups -OCH3 is 1. The van der Waals surface area contributed by atoms with Crippen molar-refractivity contribution in [2.45, 2.75) is 26.2 Å². The molecule has 1 aromatic carbocycles. The standard InChI is InChI=1S/C15H17Cl2N3O3/c1-8(2)15-20-19-11(23-15)6-7-18-14(21)12-9(16)4-5-10(17)13(12)22-3/h4-5,8H,6-7H2,1-3H3,(H,18,21). The lowest BCUT2D eigenvalue weighted by atomic mass is 10.2. The molecule has 124 valence electrons. The molecule has 0 unspecified atom stereocenters. The number of hydrogen-bond acceptors (Lipinski definition) is 5. The molecule has 0 atom stereocenters. The number of aromatic nitrogens is 2. The van der Waals surface area contributed by atoms with Gasteiger partial charge in [0.2, 0.25) is 11.8 Å². The summed E-state index contributed by atoms with van der Waals surface area (Å²) in [6, 6.07) is 3.12. The SMILES string of the molecule is COc1c(Cl)ccc(Cl)c1C(=O)NCCc1nnc(C(C)C)o1. The second-order valence-corrected chi connectivity index (χ2v) is 5.95. The molecule has 2 aromatic rings. The van der Waals surface area contributed by atoms with Gasteiger partial charge < -0.3 is 14.5 Å². The molecule has 0 aliphatic heterocycles. The highest BCUT2D eigenvalue weighted by molar-refractivity contribution is 6.37. The van der Waals surface area contributed by atoms with E-state index in [4.69, 9.17) is 32.4 Å². The maximum absolute atomic E-state index is 12.3. The van der Waals surface area contributed by atoms with Gasteiger partial charge in [0.15, 0.2) is 5.75 Å². The van der Waals surface area contributed by atoms with Gasteiger partial charge in [-0.15, -0.1) is 10.2 Å².